The highest BCUT2D eigenvalue weighted by Gasteiger charge is 1.76. The lowest BCUT2D eigenvalue weighted by atomic mass is 10.2. The van der Waals surface area contributed by atoms with Crippen LogP contribution in [0.3, 0.4) is 0 Å². The van der Waals surface area contributed by atoms with E-state index in [1.807, 2.05) is 36.4 Å². The molecule has 14 heavy (non-hydrogen) atoms. The second-order valence-electron chi connectivity index (χ2n) is 2.96. The lowest BCUT2D eigenvalue weighted by molar-refractivity contribution is 0.194. The predicted molar refractivity (Wildman–Crippen MR) is 63.3 cm³/mol. The number of ether oxygens (including phenoxy) is 1. The van der Waals surface area contributed by atoms with Crippen LogP contribution in [0.2, 0.25) is 0 Å². The lowest BCUT2D eigenvalue weighted by Gasteiger charge is -1.89. The fraction of sp³-hybridized carbons (Fsp3) is 0.385. The van der Waals surface area contributed by atoms with Crippen LogP contribution in [0.15, 0.2) is 36.9 Å². The molecule has 0 saturated carbocycles. The molecule has 0 atom stereocenters. The van der Waals surface area contributed by atoms with Crippen molar-refractivity contribution in [3.8, 4) is 0 Å². The van der Waals surface area contributed by atoms with Crippen molar-refractivity contribution in [1.82, 2.24) is 0 Å². The van der Waals surface area contributed by atoms with E-state index in [1.54, 1.807) is 7.11 Å². The highest BCUT2D eigenvalue weighted by molar-refractivity contribution is 5.45. The van der Waals surface area contributed by atoms with E-state index in [2.05, 4.69) is 13.5 Å². The van der Waals surface area contributed by atoms with E-state index in [0.29, 0.717) is 0 Å². The van der Waals surface area contributed by atoms with Crippen LogP contribution in [0.5, 0.6) is 0 Å². The highest BCUT2D eigenvalue weighted by Crippen LogP contribution is 1.97. The second-order valence-corrected chi connectivity index (χ2v) is 2.96. The summed E-state index contributed by atoms with van der Waals surface area (Å²) in [6.45, 7) is 6.70. The van der Waals surface area contributed by atoms with Gasteiger partial charge in [0.1, 0.15) is 0 Å². The fourth-order valence-electron chi connectivity index (χ4n) is 0.878. The molecule has 0 unspecified atom stereocenters. The van der Waals surface area contributed by atoms with E-state index in [4.69, 9.17) is 4.74 Å². The van der Waals surface area contributed by atoms with Crippen molar-refractivity contribution in [2.45, 2.75) is 19.8 Å². The zero-order chi connectivity index (χ0) is 10.6. The lowest BCUT2D eigenvalue weighted by Crippen LogP contribution is -1.84. The molecule has 1 rings (SSSR count). The molecule has 0 saturated heterocycles. The van der Waals surface area contributed by atoms with Crippen molar-refractivity contribution in [1.29, 1.82) is 0 Å². The van der Waals surface area contributed by atoms with Gasteiger partial charge >= 0.3 is 0 Å². The van der Waals surface area contributed by atoms with Crippen LogP contribution in [0.4, 0.5) is 0 Å². The average Bonchev–Trinajstić information content (AvgIpc) is 2.28. The Morgan fingerprint density at radius 3 is 2.21 bits per heavy atom. The van der Waals surface area contributed by atoms with Gasteiger partial charge in [0.2, 0.25) is 0 Å². The number of unbranched alkanes of at least 4 members (excludes halogenated alkanes) is 1. The summed E-state index contributed by atoms with van der Waals surface area (Å²) in [5, 5.41) is 0. The molecular formula is C13H20O. The molecule has 0 aromatic heterocycles. The molecular weight excluding hydrogens is 172 g/mol. The first kappa shape index (κ1) is 12.9. The molecule has 0 fully saturated rings. The molecule has 78 valence electrons. The Morgan fingerprint density at radius 2 is 1.93 bits per heavy atom. The van der Waals surface area contributed by atoms with E-state index in [-0.39, 0.29) is 0 Å². The highest BCUT2D eigenvalue weighted by atomic mass is 16.5. The summed E-state index contributed by atoms with van der Waals surface area (Å²) in [7, 11) is 1.73. The van der Waals surface area contributed by atoms with Crippen LogP contribution in [-0.4, -0.2) is 13.7 Å². The van der Waals surface area contributed by atoms with Crippen molar-refractivity contribution in [2.75, 3.05) is 13.7 Å². The number of hydrogen-bond acceptors (Lipinski definition) is 1. The molecule has 0 heterocycles. The molecule has 0 amide bonds. The largest absolute Gasteiger partial charge is 0.385 e. The monoisotopic (exact) mass is 192 g/mol. The summed E-state index contributed by atoms with van der Waals surface area (Å²) in [4.78, 5) is 0. The zero-order valence-corrected chi connectivity index (χ0v) is 9.20. The van der Waals surface area contributed by atoms with Crippen LogP contribution in [0.1, 0.15) is 25.3 Å². The van der Waals surface area contributed by atoms with Gasteiger partial charge in [0.25, 0.3) is 0 Å². The smallest absolute Gasteiger partial charge is 0.0462 e. The summed E-state index contributed by atoms with van der Waals surface area (Å²) >= 11 is 0. The third kappa shape index (κ3) is 7.56. The minimum atomic E-state index is 0.913. The average molecular weight is 192 g/mol. The Kier molecular flexibility index (Phi) is 9.23. The SMILES string of the molecule is C=Cc1ccccc1.CCCCOC. The van der Waals surface area contributed by atoms with Gasteiger partial charge in [-0.25, -0.2) is 0 Å². The molecule has 0 N–H and O–H groups in total. The van der Waals surface area contributed by atoms with Crippen LogP contribution in [0, 0.1) is 0 Å². The maximum atomic E-state index is 4.78. The van der Waals surface area contributed by atoms with E-state index in [0.717, 1.165) is 6.61 Å². The third-order valence-corrected chi connectivity index (χ3v) is 1.74. The molecule has 0 spiro atoms. The Balaban J connectivity index is 0.000000255. The molecule has 0 aliphatic rings. The van der Waals surface area contributed by atoms with Crippen molar-refractivity contribution in [3.63, 3.8) is 0 Å². The predicted octanol–water partition coefficient (Wildman–Crippen LogP) is 3.76. The minimum Gasteiger partial charge on any atom is -0.385 e. The van der Waals surface area contributed by atoms with Crippen LogP contribution in [0.25, 0.3) is 6.08 Å². The maximum absolute atomic E-state index is 4.78. The fourth-order valence-corrected chi connectivity index (χ4v) is 0.878. The summed E-state index contributed by atoms with van der Waals surface area (Å²) in [6.07, 6.45) is 4.25. The molecule has 0 bridgehead atoms. The van der Waals surface area contributed by atoms with Gasteiger partial charge in [-0.15, -0.1) is 0 Å². The van der Waals surface area contributed by atoms with Gasteiger partial charge in [-0.1, -0.05) is 56.3 Å². The van der Waals surface area contributed by atoms with E-state index in [1.165, 1.54) is 18.4 Å². The van der Waals surface area contributed by atoms with Gasteiger partial charge in [0.05, 0.1) is 0 Å². The molecule has 1 nitrogen and oxygen atoms in total. The standard InChI is InChI=1S/C8H8.C5H12O/c1-2-8-6-4-3-5-7-8;1-3-4-5-6-2/h2-7H,1H2;3-5H2,1-2H3. The molecule has 0 aliphatic carbocycles. The molecule has 1 aromatic rings. The normalized spacial score (nSPS) is 8.71. The summed E-state index contributed by atoms with van der Waals surface area (Å²) in [5.41, 5.74) is 1.17. The summed E-state index contributed by atoms with van der Waals surface area (Å²) in [6, 6.07) is 10.0. The Labute approximate surface area is 87.4 Å². The van der Waals surface area contributed by atoms with Gasteiger partial charge in [0, 0.05) is 13.7 Å². The van der Waals surface area contributed by atoms with Gasteiger partial charge < -0.3 is 4.74 Å². The summed E-state index contributed by atoms with van der Waals surface area (Å²) in [5.74, 6) is 0. The summed E-state index contributed by atoms with van der Waals surface area (Å²) < 4.78 is 4.78. The topological polar surface area (TPSA) is 9.23 Å². The minimum absolute atomic E-state index is 0.913. The van der Waals surface area contributed by atoms with Crippen LogP contribution >= 0.6 is 0 Å². The van der Waals surface area contributed by atoms with Gasteiger partial charge in [-0.2, -0.15) is 0 Å². The van der Waals surface area contributed by atoms with Crippen molar-refractivity contribution < 1.29 is 4.74 Å². The van der Waals surface area contributed by atoms with Gasteiger partial charge in [0.15, 0.2) is 0 Å². The number of rotatable bonds is 4. The molecule has 1 heteroatoms. The number of hydrogen-bond donors (Lipinski definition) is 0. The van der Waals surface area contributed by atoms with Crippen molar-refractivity contribution >= 4 is 6.08 Å². The van der Waals surface area contributed by atoms with Crippen molar-refractivity contribution in [2.24, 2.45) is 0 Å². The molecule has 1 aromatic carbocycles. The number of methoxy groups -OCH3 is 1. The van der Waals surface area contributed by atoms with Gasteiger partial charge in [-0.05, 0) is 12.0 Å². The molecule has 0 aliphatic heterocycles. The van der Waals surface area contributed by atoms with Gasteiger partial charge in [-0.3, -0.25) is 0 Å². The second kappa shape index (κ2) is 10.0. The Hall–Kier alpha value is -1.08. The van der Waals surface area contributed by atoms with Crippen LogP contribution < -0.4 is 0 Å². The Morgan fingerprint density at radius 1 is 1.29 bits per heavy atom. The number of benzene rings is 1. The first-order chi connectivity index (χ1) is 6.85. The third-order valence-electron chi connectivity index (χ3n) is 1.74. The van der Waals surface area contributed by atoms with E-state index >= 15 is 0 Å². The maximum Gasteiger partial charge on any atom is 0.0462 e. The van der Waals surface area contributed by atoms with Crippen molar-refractivity contribution in [3.05, 3.63) is 42.5 Å². The Bertz CT molecular complexity index is 212. The first-order valence-electron chi connectivity index (χ1n) is 5.01. The first-order valence-corrected chi connectivity index (χ1v) is 5.01. The van der Waals surface area contributed by atoms with Crippen LogP contribution in [-0.2, 0) is 4.74 Å². The van der Waals surface area contributed by atoms with E-state index < -0.39 is 0 Å². The zero-order valence-electron chi connectivity index (χ0n) is 9.20. The quantitative estimate of drug-likeness (QED) is 0.660. The molecule has 0 radical (unpaired) electrons. The van der Waals surface area contributed by atoms with E-state index in [9.17, 15) is 0 Å².